The fourth-order valence-electron chi connectivity index (χ4n) is 1.47. The van der Waals surface area contributed by atoms with Gasteiger partial charge in [0.2, 0.25) is 0 Å². The minimum atomic E-state index is -2.91. The Bertz CT molecular complexity index is 551. The number of alkyl halides is 2. The molecule has 1 aromatic heterocycles. The summed E-state index contributed by atoms with van der Waals surface area (Å²) in [5, 5.41) is 9.90. The summed E-state index contributed by atoms with van der Waals surface area (Å²) in [5.41, 5.74) is 1.17. The molecule has 2 rings (SSSR count). The van der Waals surface area contributed by atoms with Crippen molar-refractivity contribution in [3.05, 3.63) is 39.6 Å². The van der Waals surface area contributed by atoms with Gasteiger partial charge in [0.05, 0.1) is 22.4 Å². The van der Waals surface area contributed by atoms with Crippen molar-refractivity contribution in [3.8, 4) is 5.75 Å². The highest BCUT2D eigenvalue weighted by Crippen LogP contribution is 2.37. The Labute approximate surface area is 121 Å². The Morgan fingerprint density at radius 3 is 2.89 bits per heavy atom. The largest absolute Gasteiger partial charge is 0.431 e. The molecule has 2 N–H and O–H groups in total. The lowest BCUT2D eigenvalue weighted by Crippen LogP contribution is -2.07. The van der Waals surface area contributed by atoms with Gasteiger partial charge in [-0.1, -0.05) is 11.6 Å². The molecular weight excluding hydrogens is 343 g/mol. The SMILES string of the molecule is FC(F)Oc1c(Br)cc(Cl)cc1NCc1ccn[nH]1. The topological polar surface area (TPSA) is 49.9 Å². The van der Waals surface area contributed by atoms with Gasteiger partial charge in [0.15, 0.2) is 5.75 Å². The summed E-state index contributed by atoms with van der Waals surface area (Å²) >= 11 is 9.03. The van der Waals surface area contributed by atoms with Crippen LogP contribution in [0.4, 0.5) is 14.5 Å². The molecule has 19 heavy (non-hydrogen) atoms. The van der Waals surface area contributed by atoms with E-state index in [-0.39, 0.29) is 5.75 Å². The maximum Gasteiger partial charge on any atom is 0.387 e. The van der Waals surface area contributed by atoms with Crippen LogP contribution < -0.4 is 10.1 Å². The van der Waals surface area contributed by atoms with Crippen molar-refractivity contribution in [2.24, 2.45) is 0 Å². The highest BCUT2D eigenvalue weighted by Gasteiger charge is 2.15. The van der Waals surface area contributed by atoms with Crippen LogP contribution in [0.25, 0.3) is 0 Å². The summed E-state index contributed by atoms with van der Waals surface area (Å²) in [6.07, 6.45) is 1.60. The van der Waals surface area contributed by atoms with Gasteiger partial charge < -0.3 is 10.1 Å². The molecule has 0 unspecified atom stereocenters. The standard InChI is InChI=1S/C11H9BrClF2N3O/c12-8-3-6(13)4-9(10(8)19-11(14)15)16-5-7-1-2-17-18-7/h1-4,11,16H,5H2,(H,17,18). The summed E-state index contributed by atoms with van der Waals surface area (Å²) in [6.45, 7) is -2.53. The van der Waals surface area contributed by atoms with Gasteiger partial charge in [0, 0.05) is 11.2 Å². The van der Waals surface area contributed by atoms with Gasteiger partial charge in [-0.3, -0.25) is 5.10 Å². The van der Waals surface area contributed by atoms with E-state index in [1.807, 2.05) is 0 Å². The summed E-state index contributed by atoms with van der Waals surface area (Å²) in [4.78, 5) is 0. The number of H-pyrrole nitrogens is 1. The minimum absolute atomic E-state index is 0.0129. The van der Waals surface area contributed by atoms with E-state index in [4.69, 9.17) is 11.6 Å². The first kappa shape index (κ1) is 14.1. The van der Waals surface area contributed by atoms with Crippen LogP contribution >= 0.6 is 27.5 Å². The maximum absolute atomic E-state index is 12.4. The van der Waals surface area contributed by atoms with E-state index in [0.29, 0.717) is 21.7 Å². The molecule has 0 aliphatic rings. The molecule has 0 amide bonds. The van der Waals surface area contributed by atoms with E-state index in [1.54, 1.807) is 12.3 Å². The lowest BCUT2D eigenvalue weighted by atomic mass is 10.3. The van der Waals surface area contributed by atoms with Crippen LogP contribution in [0.3, 0.4) is 0 Å². The van der Waals surface area contributed by atoms with Crippen molar-refractivity contribution >= 4 is 33.2 Å². The second-order valence-corrected chi connectivity index (χ2v) is 4.87. The van der Waals surface area contributed by atoms with Crippen molar-refractivity contribution in [1.82, 2.24) is 10.2 Å². The molecule has 0 aliphatic carbocycles. The molecule has 0 aliphatic heterocycles. The van der Waals surface area contributed by atoms with Crippen LogP contribution in [0.1, 0.15) is 5.69 Å². The molecule has 0 bridgehead atoms. The van der Waals surface area contributed by atoms with Gasteiger partial charge in [-0.25, -0.2) is 0 Å². The van der Waals surface area contributed by atoms with E-state index >= 15 is 0 Å². The molecule has 4 nitrogen and oxygen atoms in total. The Morgan fingerprint density at radius 2 is 2.26 bits per heavy atom. The zero-order valence-corrected chi connectivity index (χ0v) is 11.8. The first-order valence-corrected chi connectivity index (χ1v) is 6.39. The number of nitrogens with zero attached hydrogens (tertiary/aromatic N) is 1. The molecule has 0 saturated carbocycles. The summed E-state index contributed by atoms with van der Waals surface area (Å²) in [7, 11) is 0. The summed E-state index contributed by atoms with van der Waals surface area (Å²) < 4.78 is 29.6. The third-order valence-electron chi connectivity index (χ3n) is 2.24. The van der Waals surface area contributed by atoms with Crippen molar-refractivity contribution in [1.29, 1.82) is 0 Å². The highest BCUT2D eigenvalue weighted by molar-refractivity contribution is 9.10. The second kappa shape index (κ2) is 6.21. The number of aromatic nitrogens is 2. The number of halogens is 4. The molecule has 1 aromatic carbocycles. The Morgan fingerprint density at radius 1 is 1.47 bits per heavy atom. The van der Waals surface area contributed by atoms with Gasteiger partial charge in [-0.2, -0.15) is 13.9 Å². The van der Waals surface area contributed by atoms with Crippen LogP contribution in [0, 0.1) is 0 Å². The third-order valence-corrected chi connectivity index (χ3v) is 3.05. The van der Waals surface area contributed by atoms with Crippen LogP contribution in [0.2, 0.25) is 5.02 Å². The number of benzene rings is 1. The van der Waals surface area contributed by atoms with E-state index in [0.717, 1.165) is 5.69 Å². The molecule has 0 atom stereocenters. The lowest BCUT2D eigenvalue weighted by molar-refractivity contribution is -0.0498. The molecule has 0 fully saturated rings. The van der Waals surface area contributed by atoms with E-state index in [2.05, 4.69) is 36.2 Å². The molecular formula is C11H9BrClF2N3O. The number of ether oxygens (including phenoxy) is 1. The first-order chi connectivity index (χ1) is 9.06. The summed E-state index contributed by atoms with van der Waals surface area (Å²) in [6, 6.07) is 4.77. The predicted molar refractivity (Wildman–Crippen MR) is 71.7 cm³/mol. The zero-order chi connectivity index (χ0) is 13.8. The Hall–Kier alpha value is -1.34. The third kappa shape index (κ3) is 3.81. The van der Waals surface area contributed by atoms with Crippen LogP contribution in [0.15, 0.2) is 28.9 Å². The number of anilines is 1. The second-order valence-electron chi connectivity index (χ2n) is 3.58. The van der Waals surface area contributed by atoms with Crippen molar-refractivity contribution in [2.75, 3.05) is 5.32 Å². The maximum atomic E-state index is 12.4. The monoisotopic (exact) mass is 351 g/mol. The first-order valence-electron chi connectivity index (χ1n) is 5.22. The van der Waals surface area contributed by atoms with E-state index in [9.17, 15) is 8.78 Å². The normalized spacial score (nSPS) is 10.8. The van der Waals surface area contributed by atoms with Gasteiger partial charge in [-0.15, -0.1) is 0 Å². The Kier molecular flexibility index (Phi) is 4.60. The summed E-state index contributed by atoms with van der Waals surface area (Å²) in [5.74, 6) is 0.0129. The predicted octanol–water partition coefficient (Wildman–Crippen LogP) is 4.04. The highest BCUT2D eigenvalue weighted by atomic mass is 79.9. The fourth-order valence-corrected chi connectivity index (χ4v) is 2.38. The van der Waals surface area contributed by atoms with Crippen LogP contribution in [-0.4, -0.2) is 16.8 Å². The van der Waals surface area contributed by atoms with Crippen molar-refractivity contribution < 1.29 is 13.5 Å². The van der Waals surface area contributed by atoms with Crippen LogP contribution in [-0.2, 0) is 6.54 Å². The van der Waals surface area contributed by atoms with E-state index < -0.39 is 6.61 Å². The number of rotatable bonds is 5. The molecule has 0 radical (unpaired) electrons. The number of nitrogens with one attached hydrogen (secondary N) is 2. The minimum Gasteiger partial charge on any atom is -0.431 e. The number of hydrogen-bond donors (Lipinski definition) is 2. The molecule has 0 saturated heterocycles. The molecule has 1 heterocycles. The zero-order valence-electron chi connectivity index (χ0n) is 9.46. The smallest absolute Gasteiger partial charge is 0.387 e. The molecule has 102 valence electrons. The van der Waals surface area contributed by atoms with Gasteiger partial charge >= 0.3 is 6.61 Å². The average molecular weight is 353 g/mol. The Balaban J connectivity index is 2.21. The van der Waals surface area contributed by atoms with Gasteiger partial charge in [-0.05, 0) is 34.1 Å². The number of aromatic amines is 1. The number of hydrogen-bond acceptors (Lipinski definition) is 3. The average Bonchev–Trinajstić information content (AvgIpc) is 2.83. The van der Waals surface area contributed by atoms with Crippen molar-refractivity contribution in [2.45, 2.75) is 13.2 Å². The fraction of sp³-hybridized carbons (Fsp3) is 0.182. The van der Waals surface area contributed by atoms with Gasteiger partial charge in [0.1, 0.15) is 0 Å². The molecule has 0 spiro atoms. The van der Waals surface area contributed by atoms with Crippen LogP contribution in [0.5, 0.6) is 5.75 Å². The molecule has 2 aromatic rings. The van der Waals surface area contributed by atoms with Gasteiger partial charge in [0.25, 0.3) is 0 Å². The lowest BCUT2D eigenvalue weighted by Gasteiger charge is -2.14. The van der Waals surface area contributed by atoms with Crippen molar-refractivity contribution in [3.63, 3.8) is 0 Å². The quantitative estimate of drug-likeness (QED) is 0.854. The van der Waals surface area contributed by atoms with E-state index in [1.165, 1.54) is 12.1 Å². The molecule has 8 heteroatoms.